The van der Waals surface area contributed by atoms with E-state index in [1.807, 2.05) is 39.0 Å². The highest BCUT2D eigenvalue weighted by Gasteiger charge is 2.49. The minimum atomic E-state index is -0.989. The molecule has 0 bridgehead atoms. The number of Topliss-reactive ketones (excluding diaryl/α,β-unsaturated/α-hetero) is 1. The molecule has 1 saturated heterocycles. The van der Waals surface area contributed by atoms with Crippen molar-refractivity contribution in [1.29, 1.82) is 0 Å². The molecule has 5 rings (SSSR count). The van der Waals surface area contributed by atoms with Crippen molar-refractivity contribution in [3.05, 3.63) is 82.8 Å². The van der Waals surface area contributed by atoms with Crippen LogP contribution in [0.1, 0.15) is 42.5 Å². The summed E-state index contributed by atoms with van der Waals surface area (Å²) in [5.74, 6) is -0.130. The number of rotatable bonds is 5. The smallest absolute Gasteiger partial charge is 0.302 e. The number of aliphatic hydroxyl groups excluding tert-OH is 1. The Bertz CT molecular complexity index is 1480. The van der Waals surface area contributed by atoms with E-state index in [0.29, 0.717) is 28.4 Å². The van der Waals surface area contributed by atoms with E-state index < -0.39 is 17.7 Å². The average molecular weight is 472 g/mol. The summed E-state index contributed by atoms with van der Waals surface area (Å²) in [5, 5.41) is 11.2. The van der Waals surface area contributed by atoms with Crippen LogP contribution < -0.4 is 9.64 Å². The molecule has 178 valence electrons. The number of aromatic amines is 1. The van der Waals surface area contributed by atoms with Crippen molar-refractivity contribution in [3.63, 3.8) is 0 Å². The van der Waals surface area contributed by atoms with Gasteiger partial charge in [0.1, 0.15) is 29.1 Å². The first-order chi connectivity index (χ1) is 16.7. The van der Waals surface area contributed by atoms with Crippen LogP contribution in [0.3, 0.4) is 0 Å². The molecule has 0 radical (unpaired) electrons. The maximum Gasteiger partial charge on any atom is 0.302 e. The van der Waals surface area contributed by atoms with Gasteiger partial charge in [-0.15, -0.1) is 0 Å². The Morgan fingerprint density at radius 3 is 2.49 bits per heavy atom. The summed E-state index contributed by atoms with van der Waals surface area (Å²) in [7, 11) is 0. The molecule has 8 heteroatoms. The highest BCUT2D eigenvalue weighted by Crippen LogP contribution is 2.42. The molecule has 4 aromatic rings. The maximum absolute atomic E-state index is 13.3. The standard InChI is InChI=1S/C27H25N3O5/c1-14(2)34-18-9-7-17(8-10-18)24(31)22-23(21-12-6-16(4)35-21)30(26(33)25(22)32)27-28-19-11-5-15(3)13-20(19)29-27/h5-14,23,31H,1-4H3,(H,28,29)/b24-22+. The molecule has 1 unspecified atom stereocenters. The zero-order chi connectivity index (χ0) is 24.9. The van der Waals surface area contributed by atoms with E-state index in [4.69, 9.17) is 9.15 Å². The summed E-state index contributed by atoms with van der Waals surface area (Å²) in [4.78, 5) is 35.5. The molecular weight excluding hydrogens is 446 g/mol. The van der Waals surface area contributed by atoms with Crippen LogP contribution in [0.25, 0.3) is 16.8 Å². The number of aliphatic hydroxyl groups is 1. The average Bonchev–Trinajstić information content (AvgIpc) is 3.49. The SMILES string of the molecule is Cc1ccc2nc(N3C(=O)C(=O)/C(=C(/O)c4ccc(OC(C)C)cc4)C3c3ccc(C)o3)[nH]c2c1. The van der Waals surface area contributed by atoms with E-state index in [9.17, 15) is 14.7 Å². The zero-order valence-electron chi connectivity index (χ0n) is 19.8. The minimum absolute atomic E-state index is 0.00504. The van der Waals surface area contributed by atoms with Crippen LogP contribution in [0.2, 0.25) is 0 Å². The number of H-pyrrole nitrogens is 1. The van der Waals surface area contributed by atoms with Gasteiger partial charge in [0.15, 0.2) is 0 Å². The second kappa shape index (κ2) is 8.47. The van der Waals surface area contributed by atoms with E-state index in [-0.39, 0.29) is 23.4 Å². The third-order valence-electron chi connectivity index (χ3n) is 5.83. The predicted octanol–water partition coefficient (Wildman–Crippen LogP) is 5.19. The van der Waals surface area contributed by atoms with Gasteiger partial charge < -0.3 is 19.2 Å². The summed E-state index contributed by atoms with van der Waals surface area (Å²) in [6, 6.07) is 14.8. The lowest BCUT2D eigenvalue weighted by atomic mass is 9.99. The van der Waals surface area contributed by atoms with Crippen molar-refractivity contribution in [2.45, 2.75) is 39.8 Å². The van der Waals surface area contributed by atoms with Gasteiger partial charge in [0.25, 0.3) is 5.78 Å². The molecule has 8 nitrogen and oxygen atoms in total. The van der Waals surface area contributed by atoms with Crippen molar-refractivity contribution >= 4 is 34.4 Å². The number of furan rings is 1. The lowest BCUT2D eigenvalue weighted by Gasteiger charge is -2.20. The second-order valence-electron chi connectivity index (χ2n) is 8.89. The van der Waals surface area contributed by atoms with Gasteiger partial charge in [-0.25, -0.2) is 4.98 Å². The number of nitrogens with one attached hydrogen (secondary N) is 1. The van der Waals surface area contributed by atoms with Gasteiger partial charge >= 0.3 is 5.91 Å². The van der Waals surface area contributed by atoms with Gasteiger partial charge in [-0.2, -0.15) is 0 Å². The number of hydrogen-bond donors (Lipinski definition) is 2. The van der Waals surface area contributed by atoms with Crippen LogP contribution >= 0.6 is 0 Å². The number of ether oxygens (including phenoxy) is 1. The van der Waals surface area contributed by atoms with Crippen molar-refractivity contribution in [2.75, 3.05) is 4.90 Å². The first kappa shape index (κ1) is 22.5. The van der Waals surface area contributed by atoms with E-state index in [2.05, 4.69) is 9.97 Å². The van der Waals surface area contributed by atoms with Gasteiger partial charge in [-0.1, -0.05) is 6.07 Å². The van der Waals surface area contributed by atoms with Gasteiger partial charge in [0.05, 0.1) is 22.7 Å². The lowest BCUT2D eigenvalue weighted by molar-refractivity contribution is -0.132. The molecule has 1 aliphatic heterocycles. The molecule has 1 amide bonds. The first-order valence-electron chi connectivity index (χ1n) is 11.3. The topological polar surface area (TPSA) is 109 Å². The zero-order valence-corrected chi connectivity index (χ0v) is 19.8. The van der Waals surface area contributed by atoms with Crippen molar-refractivity contribution in [1.82, 2.24) is 9.97 Å². The number of ketones is 1. The van der Waals surface area contributed by atoms with Crippen LogP contribution in [0, 0.1) is 13.8 Å². The Labute approximate surface area is 201 Å². The van der Waals surface area contributed by atoms with Gasteiger partial charge in [-0.3, -0.25) is 14.5 Å². The normalized spacial score (nSPS) is 17.6. The quantitative estimate of drug-likeness (QED) is 0.236. The van der Waals surface area contributed by atoms with Crippen molar-refractivity contribution in [3.8, 4) is 5.75 Å². The van der Waals surface area contributed by atoms with Crippen LogP contribution in [0.15, 0.2) is 64.6 Å². The number of aryl methyl sites for hydroxylation is 2. The Balaban J connectivity index is 1.65. The number of imidazole rings is 1. The Kier molecular flexibility index (Phi) is 5.43. The molecule has 2 aromatic carbocycles. The van der Waals surface area contributed by atoms with E-state index in [0.717, 1.165) is 11.1 Å². The summed E-state index contributed by atoms with van der Waals surface area (Å²) in [6.45, 7) is 7.56. The van der Waals surface area contributed by atoms with Gasteiger partial charge in [0.2, 0.25) is 5.95 Å². The number of benzene rings is 2. The molecule has 0 aliphatic carbocycles. The monoisotopic (exact) mass is 471 g/mol. The largest absolute Gasteiger partial charge is 0.507 e. The number of anilines is 1. The molecular formula is C27H25N3O5. The molecule has 2 N–H and O–H groups in total. The third-order valence-corrected chi connectivity index (χ3v) is 5.83. The van der Waals surface area contributed by atoms with Crippen LogP contribution in [-0.2, 0) is 9.59 Å². The summed E-state index contributed by atoms with van der Waals surface area (Å²) in [5.41, 5.74) is 2.73. The number of hydrogen-bond acceptors (Lipinski definition) is 6. The molecule has 1 fully saturated rings. The Morgan fingerprint density at radius 2 is 1.83 bits per heavy atom. The minimum Gasteiger partial charge on any atom is -0.507 e. The summed E-state index contributed by atoms with van der Waals surface area (Å²) >= 11 is 0. The molecule has 35 heavy (non-hydrogen) atoms. The second-order valence-corrected chi connectivity index (χ2v) is 8.89. The molecule has 1 aliphatic rings. The molecule has 2 aromatic heterocycles. The van der Waals surface area contributed by atoms with Crippen molar-refractivity contribution < 1.29 is 23.8 Å². The number of carbonyl (C=O) groups excluding carboxylic acids is 2. The third kappa shape index (κ3) is 3.97. The fourth-order valence-corrected chi connectivity index (χ4v) is 4.26. The predicted molar refractivity (Wildman–Crippen MR) is 131 cm³/mol. The Morgan fingerprint density at radius 1 is 1.09 bits per heavy atom. The van der Waals surface area contributed by atoms with Crippen molar-refractivity contribution in [2.24, 2.45) is 0 Å². The van der Waals surface area contributed by atoms with Gasteiger partial charge in [0, 0.05) is 5.56 Å². The highest BCUT2D eigenvalue weighted by molar-refractivity contribution is 6.51. The molecule has 1 atom stereocenters. The van der Waals surface area contributed by atoms with Crippen LogP contribution in [0.4, 0.5) is 5.95 Å². The number of carbonyl (C=O) groups is 2. The number of amides is 1. The highest BCUT2D eigenvalue weighted by atomic mass is 16.5. The van der Waals surface area contributed by atoms with Gasteiger partial charge in [-0.05, 0) is 81.8 Å². The number of fused-ring (bicyclic) bond motifs is 1. The summed E-state index contributed by atoms with van der Waals surface area (Å²) < 4.78 is 11.5. The molecule has 3 heterocycles. The fourth-order valence-electron chi connectivity index (χ4n) is 4.26. The lowest BCUT2D eigenvalue weighted by Crippen LogP contribution is -2.30. The maximum atomic E-state index is 13.3. The van der Waals surface area contributed by atoms with E-state index in [1.165, 1.54) is 4.90 Å². The molecule has 0 spiro atoms. The Hall–Kier alpha value is -4.33. The first-order valence-corrected chi connectivity index (χ1v) is 11.3. The fraction of sp³-hybridized carbons (Fsp3) is 0.222. The number of aromatic nitrogens is 2. The number of nitrogens with zero attached hydrogens (tertiary/aromatic N) is 2. The molecule has 0 saturated carbocycles. The summed E-state index contributed by atoms with van der Waals surface area (Å²) in [6.07, 6.45) is -0.00504. The van der Waals surface area contributed by atoms with Crippen LogP contribution in [0.5, 0.6) is 5.75 Å². The van der Waals surface area contributed by atoms with Crippen LogP contribution in [-0.4, -0.2) is 32.9 Å². The van der Waals surface area contributed by atoms with E-state index in [1.54, 1.807) is 43.3 Å². The van der Waals surface area contributed by atoms with E-state index >= 15 is 0 Å².